The van der Waals surface area contributed by atoms with Gasteiger partial charge in [-0.25, -0.2) is 19.2 Å². The summed E-state index contributed by atoms with van der Waals surface area (Å²) in [7, 11) is 0. The number of nitrogens with zero attached hydrogens (tertiary/aromatic N) is 2. The van der Waals surface area contributed by atoms with Gasteiger partial charge in [0.15, 0.2) is 5.82 Å². The fourth-order valence-corrected chi connectivity index (χ4v) is 2.19. The lowest BCUT2D eigenvalue weighted by atomic mass is 10.1. The molecule has 1 aromatic heterocycles. The van der Waals surface area contributed by atoms with Crippen molar-refractivity contribution < 1.29 is 9.18 Å². The van der Waals surface area contributed by atoms with E-state index in [0.717, 1.165) is 5.56 Å². The summed E-state index contributed by atoms with van der Waals surface area (Å²) < 4.78 is 14.1. The third-order valence-corrected chi connectivity index (χ3v) is 3.21. The number of primary amides is 1. The summed E-state index contributed by atoms with van der Waals surface area (Å²) in [5, 5.41) is 2.42. The van der Waals surface area contributed by atoms with Crippen LogP contribution in [0.1, 0.15) is 0 Å². The minimum absolute atomic E-state index is 0.252. The molecule has 23 heavy (non-hydrogen) atoms. The molecule has 2 amide bonds. The number of benzene rings is 2. The lowest BCUT2D eigenvalue weighted by Crippen LogP contribution is -2.20. The molecule has 0 aliphatic carbocycles. The number of nitrogens with one attached hydrogen (secondary N) is 1. The Morgan fingerprint density at radius 3 is 2.43 bits per heavy atom. The van der Waals surface area contributed by atoms with E-state index in [0.29, 0.717) is 5.82 Å². The molecule has 0 spiro atoms. The van der Waals surface area contributed by atoms with Crippen molar-refractivity contribution in [3.8, 4) is 22.6 Å². The van der Waals surface area contributed by atoms with Crippen molar-refractivity contribution in [3.63, 3.8) is 0 Å². The molecular formula is C17H13FN4O. The molecule has 0 radical (unpaired) electrons. The van der Waals surface area contributed by atoms with Gasteiger partial charge in [0.05, 0.1) is 11.9 Å². The topological polar surface area (TPSA) is 80.9 Å². The van der Waals surface area contributed by atoms with E-state index in [1.54, 1.807) is 18.2 Å². The van der Waals surface area contributed by atoms with Crippen LogP contribution in [-0.4, -0.2) is 16.0 Å². The van der Waals surface area contributed by atoms with Crippen molar-refractivity contribution in [2.45, 2.75) is 0 Å². The quantitative estimate of drug-likeness (QED) is 0.777. The molecule has 0 aliphatic rings. The Kier molecular flexibility index (Phi) is 3.97. The normalized spacial score (nSPS) is 10.3. The van der Waals surface area contributed by atoms with Crippen molar-refractivity contribution in [2.24, 2.45) is 5.73 Å². The lowest BCUT2D eigenvalue weighted by Gasteiger charge is -2.11. The molecule has 0 saturated carbocycles. The van der Waals surface area contributed by atoms with Crippen LogP contribution in [0.4, 0.5) is 14.9 Å². The largest absolute Gasteiger partial charge is 0.351 e. The highest BCUT2D eigenvalue weighted by molar-refractivity contribution is 5.92. The maximum atomic E-state index is 14.1. The summed E-state index contributed by atoms with van der Waals surface area (Å²) in [6, 6.07) is 14.7. The molecule has 0 saturated heterocycles. The second kappa shape index (κ2) is 6.23. The molecule has 2 aromatic carbocycles. The van der Waals surface area contributed by atoms with E-state index in [1.807, 2.05) is 30.3 Å². The van der Waals surface area contributed by atoms with Gasteiger partial charge in [-0.1, -0.05) is 42.5 Å². The Morgan fingerprint density at radius 2 is 1.74 bits per heavy atom. The number of halogens is 1. The molecule has 0 aliphatic heterocycles. The number of anilines is 1. The zero-order valence-electron chi connectivity index (χ0n) is 12.0. The second-order valence-corrected chi connectivity index (χ2v) is 4.79. The van der Waals surface area contributed by atoms with Crippen molar-refractivity contribution in [1.82, 2.24) is 9.97 Å². The number of carbonyl (C=O) groups excluding carboxylic acids is 1. The Morgan fingerprint density at radius 1 is 1.04 bits per heavy atom. The molecule has 3 aromatic rings. The van der Waals surface area contributed by atoms with Crippen LogP contribution in [0, 0.1) is 5.82 Å². The van der Waals surface area contributed by atoms with Gasteiger partial charge in [0.2, 0.25) is 0 Å². The third kappa shape index (κ3) is 3.16. The highest BCUT2D eigenvalue weighted by Gasteiger charge is 2.15. The molecule has 5 nitrogen and oxygen atoms in total. The van der Waals surface area contributed by atoms with Gasteiger partial charge in [-0.15, -0.1) is 0 Å². The summed E-state index contributed by atoms with van der Waals surface area (Å²) in [5.41, 5.74) is 6.73. The van der Waals surface area contributed by atoms with Crippen LogP contribution in [-0.2, 0) is 0 Å². The maximum absolute atomic E-state index is 14.1. The van der Waals surface area contributed by atoms with E-state index in [-0.39, 0.29) is 16.9 Å². The summed E-state index contributed by atoms with van der Waals surface area (Å²) in [4.78, 5) is 19.8. The molecule has 0 atom stereocenters. The molecule has 3 rings (SSSR count). The van der Waals surface area contributed by atoms with Gasteiger partial charge in [-0.3, -0.25) is 0 Å². The summed E-state index contributed by atoms with van der Waals surface area (Å²) in [6.07, 6.45) is 1.42. The summed E-state index contributed by atoms with van der Waals surface area (Å²) in [5.74, 6) is -0.0170. The Labute approximate surface area is 132 Å². The number of hydrogen-bond donors (Lipinski definition) is 2. The lowest BCUT2D eigenvalue weighted by molar-refractivity contribution is 0.259. The van der Waals surface area contributed by atoms with Crippen molar-refractivity contribution >= 4 is 11.7 Å². The van der Waals surface area contributed by atoms with E-state index < -0.39 is 11.8 Å². The van der Waals surface area contributed by atoms with Crippen LogP contribution in [0.3, 0.4) is 0 Å². The van der Waals surface area contributed by atoms with Gasteiger partial charge < -0.3 is 11.1 Å². The third-order valence-electron chi connectivity index (χ3n) is 3.21. The van der Waals surface area contributed by atoms with E-state index in [1.165, 1.54) is 12.3 Å². The predicted molar refractivity (Wildman–Crippen MR) is 86.1 cm³/mol. The average Bonchev–Trinajstić information content (AvgIpc) is 2.56. The average molecular weight is 308 g/mol. The SMILES string of the molecule is NC(=O)Nc1cnc(-c2ccccc2)nc1-c1ccccc1F. The van der Waals surface area contributed by atoms with E-state index in [9.17, 15) is 9.18 Å². The minimum atomic E-state index is -0.765. The van der Waals surface area contributed by atoms with Gasteiger partial charge in [0, 0.05) is 11.1 Å². The first-order valence-electron chi connectivity index (χ1n) is 6.89. The first-order valence-corrected chi connectivity index (χ1v) is 6.89. The van der Waals surface area contributed by atoms with Gasteiger partial charge in [-0.2, -0.15) is 0 Å². The van der Waals surface area contributed by atoms with Crippen molar-refractivity contribution in [2.75, 3.05) is 5.32 Å². The number of urea groups is 1. The number of nitrogens with two attached hydrogens (primary N) is 1. The van der Waals surface area contributed by atoms with Gasteiger partial charge in [0.1, 0.15) is 11.5 Å². The van der Waals surface area contributed by atoms with Gasteiger partial charge in [0.25, 0.3) is 0 Å². The van der Waals surface area contributed by atoms with Gasteiger partial charge in [-0.05, 0) is 12.1 Å². The fraction of sp³-hybridized carbons (Fsp3) is 0. The first kappa shape index (κ1) is 14.6. The first-order chi connectivity index (χ1) is 11.1. The van der Waals surface area contributed by atoms with Crippen LogP contribution in [0.2, 0.25) is 0 Å². The highest BCUT2D eigenvalue weighted by atomic mass is 19.1. The van der Waals surface area contributed by atoms with E-state index in [4.69, 9.17) is 5.73 Å². The molecule has 0 unspecified atom stereocenters. The van der Waals surface area contributed by atoms with Crippen molar-refractivity contribution in [3.05, 3.63) is 66.6 Å². The number of rotatable bonds is 3. The number of amides is 2. The number of carbonyl (C=O) groups is 1. The number of aromatic nitrogens is 2. The van der Waals surface area contributed by atoms with Gasteiger partial charge >= 0.3 is 6.03 Å². The van der Waals surface area contributed by atoms with Crippen LogP contribution in [0.5, 0.6) is 0 Å². The Bertz CT molecular complexity index is 852. The standard InChI is InChI=1S/C17H13FN4O/c18-13-9-5-4-8-12(13)15-14(21-17(19)23)10-20-16(22-15)11-6-2-1-3-7-11/h1-10H,(H3,19,21,23). The van der Waals surface area contributed by atoms with Crippen LogP contribution < -0.4 is 11.1 Å². The van der Waals surface area contributed by atoms with Crippen LogP contribution >= 0.6 is 0 Å². The predicted octanol–water partition coefficient (Wildman–Crippen LogP) is 3.44. The summed E-state index contributed by atoms with van der Waals surface area (Å²) >= 11 is 0. The zero-order chi connectivity index (χ0) is 16.2. The molecular weight excluding hydrogens is 295 g/mol. The zero-order valence-corrected chi connectivity index (χ0v) is 12.0. The van der Waals surface area contributed by atoms with Crippen LogP contribution in [0.25, 0.3) is 22.6 Å². The number of hydrogen-bond acceptors (Lipinski definition) is 3. The van der Waals surface area contributed by atoms with E-state index >= 15 is 0 Å². The molecule has 1 heterocycles. The summed E-state index contributed by atoms with van der Waals surface area (Å²) in [6.45, 7) is 0. The smallest absolute Gasteiger partial charge is 0.316 e. The highest BCUT2D eigenvalue weighted by Crippen LogP contribution is 2.29. The second-order valence-electron chi connectivity index (χ2n) is 4.79. The maximum Gasteiger partial charge on any atom is 0.316 e. The Balaban J connectivity index is 2.17. The molecule has 0 bridgehead atoms. The van der Waals surface area contributed by atoms with E-state index in [2.05, 4.69) is 15.3 Å². The molecule has 0 fully saturated rings. The monoisotopic (exact) mass is 308 g/mol. The molecule has 3 N–H and O–H groups in total. The van der Waals surface area contributed by atoms with Crippen molar-refractivity contribution in [1.29, 1.82) is 0 Å². The molecule has 6 heteroatoms. The minimum Gasteiger partial charge on any atom is -0.351 e. The van der Waals surface area contributed by atoms with Crippen LogP contribution in [0.15, 0.2) is 60.8 Å². The molecule has 114 valence electrons. The fourth-order valence-electron chi connectivity index (χ4n) is 2.19. The Hall–Kier alpha value is -3.28.